The molecule has 8 nitrogen and oxygen atoms in total. The molecule has 2 rings (SSSR count). The van der Waals surface area contributed by atoms with Gasteiger partial charge in [-0.05, 0) is 68.3 Å². The number of ether oxygens (including phenoxy) is 2. The SMILES string of the molecule is CCCCCCN(CC(=O)OCC)C(=O)/C(C)=C/c1ccc(C(=O)Oc2ccc(C(=N)N)cc2)cc1. The molecule has 0 saturated carbocycles. The van der Waals surface area contributed by atoms with E-state index in [1.165, 1.54) is 4.90 Å². The van der Waals surface area contributed by atoms with Crippen LogP contribution in [0.15, 0.2) is 54.1 Å². The molecule has 3 N–H and O–H groups in total. The van der Waals surface area contributed by atoms with Gasteiger partial charge in [0.25, 0.3) is 0 Å². The molecule has 0 fully saturated rings. The highest BCUT2D eigenvalue weighted by Gasteiger charge is 2.19. The van der Waals surface area contributed by atoms with Gasteiger partial charge in [-0.15, -0.1) is 0 Å². The number of hydrogen-bond acceptors (Lipinski definition) is 6. The minimum atomic E-state index is -0.526. The first-order valence-electron chi connectivity index (χ1n) is 12.1. The number of esters is 2. The fourth-order valence-corrected chi connectivity index (χ4v) is 3.49. The molecule has 1 amide bonds. The molecular weight excluding hydrogens is 458 g/mol. The lowest BCUT2D eigenvalue weighted by molar-refractivity contribution is -0.147. The highest BCUT2D eigenvalue weighted by atomic mass is 16.5. The Labute approximate surface area is 212 Å². The van der Waals surface area contributed by atoms with Gasteiger partial charge < -0.3 is 20.1 Å². The number of carbonyl (C=O) groups is 3. The summed E-state index contributed by atoms with van der Waals surface area (Å²) < 4.78 is 10.4. The Bertz CT molecular complexity index is 1080. The Morgan fingerprint density at radius 1 is 0.944 bits per heavy atom. The summed E-state index contributed by atoms with van der Waals surface area (Å²) in [5, 5.41) is 7.41. The lowest BCUT2D eigenvalue weighted by Gasteiger charge is -2.22. The molecule has 192 valence electrons. The first kappa shape index (κ1) is 28.3. The molecule has 0 spiro atoms. The monoisotopic (exact) mass is 493 g/mol. The Kier molecular flexibility index (Phi) is 11.4. The summed E-state index contributed by atoms with van der Waals surface area (Å²) in [4.78, 5) is 39.1. The Hall–Kier alpha value is -3.94. The summed E-state index contributed by atoms with van der Waals surface area (Å²) >= 11 is 0. The van der Waals surface area contributed by atoms with Gasteiger partial charge in [0, 0.05) is 17.7 Å². The van der Waals surface area contributed by atoms with Crippen molar-refractivity contribution in [2.24, 2.45) is 5.73 Å². The van der Waals surface area contributed by atoms with Crippen molar-refractivity contribution in [2.75, 3.05) is 19.7 Å². The number of nitrogens with two attached hydrogens (primary N) is 1. The van der Waals surface area contributed by atoms with Crippen LogP contribution in [0.2, 0.25) is 0 Å². The molecule has 2 aromatic carbocycles. The van der Waals surface area contributed by atoms with Crippen molar-refractivity contribution < 1.29 is 23.9 Å². The second-order valence-electron chi connectivity index (χ2n) is 8.37. The first-order chi connectivity index (χ1) is 17.2. The van der Waals surface area contributed by atoms with Crippen molar-refractivity contribution in [3.8, 4) is 5.75 Å². The molecule has 0 radical (unpaired) electrons. The Morgan fingerprint density at radius 3 is 2.17 bits per heavy atom. The zero-order chi connectivity index (χ0) is 26.5. The predicted octanol–water partition coefficient (Wildman–Crippen LogP) is 4.57. The van der Waals surface area contributed by atoms with Crippen LogP contribution in [0.3, 0.4) is 0 Å². The molecule has 0 heterocycles. The maximum absolute atomic E-state index is 13.1. The standard InChI is InChI=1S/C28H35N3O5/c1-4-6-7-8-17-31(19-25(32)35-5-2)27(33)20(3)18-21-9-11-23(12-10-21)28(34)36-24-15-13-22(14-16-24)26(29)30/h9-16,18H,4-8,17,19H2,1-3H3,(H3,29,30)/b20-18+. The van der Waals surface area contributed by atoms with Crippen LogP contribution in [0.5, 0.6) is 5.75 Å². The van der Waals surface area contributed by atoms with Crippen LogP contribution in [-0.2, 0) is 14.3 Å². The predicted molar refractivity (Wildman–Crippen MR) is 140 cm³/mol. The number of unbranched alkanes of at least 4 members (excludes halogenated alkanes) is 3. The van der Waals surface area contributed by atoms with Crippen molar-refractivity contribution in [1.82, 2.24) is 4.90 Å². The molecule has 2 aromatic rings. The normalized spacial score (nSPS) is 11.0. The van der Waals surface area contributed by atoms with Gasteiger partial charge in [0.2, 0.25) is 5.91 Å². The lowest BCUT2D eigenvalue weighted by atomic mass is 10.1. The molecule has 36 heavy (non-hydrogen) atoms. The average molecular weight is 494 g/mol. The number of amides is 1. The molecule has 0 aliphatic carbocycles. The van der Waals surface area contributed by atoms with E-state index in [4.69, 9.17) is 20.6 Å². The highest BCUT2D eigenvalue weighted by molar-refractivity contribution is 5.99. The van der Waals surface area contributed by atoms with Crippen LogP contribution in [0.4, 0.5) is 0 Å². The number of hydrogen-bond donors (Lipinski definition) is 2. The fraction of sp³-hybridized carbons (Fsp3) is 0.357. The first-order valence-corrected chi connectivity index (χ1v) is 12.1. The van der Waals surface area contributed by atoms with E-state index in [1.54, 1.807) is 68.5 Å². The number of nitrogens with zero attached hydrogens (tertiary/aromatic N) is 1. The largest absolute Gasteiger partial charge is 0.465 e. The van der Waals surface area contributed by atoms with E-state index in [9.17, 15) is 14.4 Å². The zero-order valence-corrected chi connectivity index (χ0v) is 21.2. The third-order valence-corrected chi connectivity index (χ3v) is 5.44. The molecule has 8 heteroatoms. The van der Waals surface area contributed by atoms with E-state index >= 15 is 0 Å². The van der Waals surface area contributed by atoms with E-state index in [2.05, 4.69) is 6.92 Å². The van der Waals surface area contributed by atoms with Gasteiger partial charge in [-0.1, -0.05) is 38.3 Å². The molecule has 0 bridgehead atoms. The van der Waals surface area contributed by atoms with E-state index in [0.29, 0.717) is 29.0 Å². The van der Waals surface area contributed by atoms with Crippen LogP contribution in [0.25, 0.3) is 6.08 Å². The summed E-state index contributed by atoms with van der Waals surface area (Å²) in [7, 11) is 0. The lowest BCUT2D eigenvalue weighted by Crippen LogP contribution is -2.37. The smallest absolute Gasteiger partial charge is 0.343 e. The summed E-state index contributed by atoms with van der Waals surface area (Å²) in [6.07, 6.45) is 5.70. The molecule has 0 aromatic heterocycles. The second-order valence-corrected chi connectivity index (χ2v) is 8.37. The van der Waals surface area contributed by atoms with Crippen molar-refractivity contribution in [3.63, 3.8) is 0 Å². The zero-order valence-electron chi connectivity index (χ0n) is 21.2. The molecule has 0 unspecified atom stereocenters. The van der Waals surface area contributed by atoms with Gasteiger partial charge in [-0.25, -0.2) is 4.79 Å². The maximum Gasteiger partial charge on any atom is 0.343 e. The minimum Gasteiger partial charge on any atom is -0.465 e. The van der Waals surface area contributed by atoms with Crippen LogP contribution >= 0.6 is 0 Å². The van der Waals surface area contributed by atoms with Gasteiger partial charge in [0.05, 0.1) is 12.2 Å². The third kappa shape index (κ3) is 9.02. The molecule has 0 aliphatic rings. The number of benzene rings is 2. The maximum atomic E-state index is 13.1. The number of nitrogens with one attached hydrogen (secondary N) is 1. The summed E-state index contributed by atoms with van der Waals surface area (Å²) in [5.74, 6) is -0.895. The van der Waals surface area contributed by atoms with E-state index in [-0.39, 0.29) is 24.9 Å². The quantitative estimate of drug-likeness (QED) is 0.105. The summed E-state index contributed by atoms with van der Waals surface area (Å²) in [6, 6.07) is 13.1. The van der Waals surface area contributed by atoms with Gasteiger partial charge in [0.1, 0.15) is 18.1 Å². The van der Waals surface area contributed by atoms with Crippen LogP contribution in [0, 0.1) is 5.41 Å². The van der Waals surface area contributed by atoms with Gasteiger partial charge in [0.15, 0.2) is 0 Å². The van der Waals surface area contributed by atoms with Gasteiger partial charge >= 0.3 is 11.9 Å². The van der Waals surface area contributed by atoms with Crippen molar-refractivity contribution in [1.29, 1.82) is 5.41 Å². The van der Waals surface area contributed by atoms with Crippen molar-refractivity contribution >= 4 is 29.8 Å². The number of rotatable bonds is 13. The topological polar surface area (TPSA) is 123 Å². The van der Waals surface area contributed by atoms with Gasteiger partial charge in [-0.3, -0.25) is 15.0 Å². The molecular formula is C28H35N3O5. The van der Waals surface area contributed by atoms with Crippen molar-refractivity contribution in [2.45, 2.75) is 46.5 Å². The third-order valence-electron chi connectivity index (χ3n) is 5.44. The van der Waals surface area contributed by atoms with Gasteiger partial charge in [-0.2, -0.15) is 0 Å². The van der Waals surface area contributed by atoms with E-state index in [0.717, 1.165) is 31.2 Å². The van der Waals surface area contributed by atoms with Crippen LogP contribution in [-0.4, -0.2) is 48.3 Å². The van der Waals surface area contributed by atoms with Crippen LogP contribution < -0.4 is 10.5 Å². The fourth-order valence-electron chi connectivity index (χ4n) is 3.49. The number of amidine groups is 1. The Morgan fingerprint density at radius 2 is 1.58 bits per heavy atom. The van der Waals surface area contributed by atoms with E-state index in [1.807, 2.05) is 0 Å². The molecule has 0 atom stereocenters. The average Bonchev–Trinajstić information content (AvgIpc) is 2.86. The Balaban J connectivity index is 2.06. The molecule has 0 aliphatic heterocycles. The molecule has 0 saturated heterocycles. The second kappa shape index (κ2) is 14.5. The summed E-state index contributed by atoms with van der Waals surface area (Å²) in [5.41, 5.74) is 7.55. The number of nitrogen functional groups attached to an aromatic ring is 1. The highest BCUT2D eigenvalue weighted by Crippen LogP contribution is 2.16. The number of carbonyl (C=O) groups excluding carboxylic acids is 3. The summed E-state index contributed by atoms with van der Waals surface area (Å²) in [6.45, 7) is 6.24. The van der Waals surface area contributed by atoms with Crippen molar-refractivity contribution in [3.05, 3.63) is 70.8 Å². The minimum absolute atomic E-state index is 0.0641. The van der Waals surface area contributed by atoms with Crippen LogP contribution in [0.1, 0.15) is 67.9 Å². The van der Waals surface area contributed by atoms with E-state index < -0.39 is 11.9 Å².